The molecular formula is C22H28N8O4. The van der Waals surface area contributed by atoms with Crippen molar-refractivity contribution in [3.05, 3.63) is 24.0 Å². The highest BCUT2D eigenvalue weighted by atomic mass is 16.5. The summed E-state index contributed by atoms with van der Waals surface area (Å²) in [5.74, 6) is -1.51. The molecule has 0 aromatic carbocycles. The number of rotatable bonds is 6. The summed E-state index contributed by atoms with van der Waals surface area (Å²) < 4.78 is 4.89. The molecule has 1 unspecified atom stereocenters. The molecule has 2 aromatic heterocycles. The van der Waals surface area contributed by atoms with E-state index in [1.807, 2.05) is 17.1 Å². The van der Waals surface area contributed by atoms with E-state index in [9.17, 15) is 14.4 Å². The predicted molar refractivity (Wildman–Crippen MR) is 122 cm³/mol. The maximum Gasteiger partial charge on any atom is 0.310 e. The van der Waals surface area contributed by atoms with E-state index in [0.29, 0.717) is 25.3 Å². The second-order valence-electron chi connectivity index (χ2n) is 8.46. The van der Waals surface area contributed by atoms with E-state index < -0.39 is 18.0 Å². The fourth-order valence-corrected chi connectivity index (χ4v) is 4.47. The maximum atomic E-state index is 12.5. The quantitative estimate of drug-likeness (QED) is 0.339. The van der Waals surface area contributed by atoms with Crippen LogP contribution in [-0.2, 0) is 19.1 Å². The third-order valence-corrected chi connectivity index (χ3v) is 6.31. The minimum Gasteiger partial charge on any atom is -0.383 e. The zero-order chi connectivity index (χ0) is 24.2. The zero-order valence-corrected chi connectivity index (χ0v) is 19.1. The average Bonchev–Trinajstić information content (AvgIpc) is 3.44. The molecule has 1 fully saturated rings. The highest BCUT2D eigenvalue weighted by molar-refractivity contribution is 6.35. The molecular weight excluding hydrogens is 440 g/mol. The molecule has 12 heteroatoms. The standard InChI is InChI=1S/C22H28N8O4/c1-13-5-9-29(17(31)3-6-23)12-16(13)30-18-14-4-7-24-19(14)26-11-15(18)20(28-30)27-22(33)21(32)25-8-10-34-2/h4,7,11,13,16,20,28H,3,5,8-10,12H2,1-2H3,(H,24,26)(H,25,32)(H,27,33)/t13-,16+,20?/m1/s1. The molecule has 2 aromatic rings. The number of hydrazine groups is 1. The van der Waals surface area contributed by atoms with E-state index in [2.05, 4.69) is 33.0 Å². The second-order valence-corrected chi connectivity index (χ2v) is 8.46. The van der Waals surface area contributed by atoms with Crippen molar-refractivity contribution in [1.82, 2.24) is 30.9 Å². The normalized spacial score (nSPS) is 21.7. The highest BCUT2D eigenvalue weighted by Gasteiger charge is 2.41. The molecule has 4 N–H and O–H groups in total. The van der Waals surface area contributed by atoms with Crippen molar-refractivity contribution < 1.29 is 19.1 Å². The number of carbonyl (C=O) groups is 3. The number of aromatic amines is 1. The van der Waals surface area contributed by atoms with Crippen LogP contribution in [0, 0.1) is 17.2 Å². The predicted octanol–water partition coefficient (Wildman–Crippen LogP) is -0.0844. The molecule has 180 valence electrons. The second kappa shape index (κ2) is 10.1. The third-order valence-electron chi connectivity index (χ3n) is 6.31. The summed E-state index contributed by atoms with van der Waals surface area (Å²) in [5, 5.41) is 17.0. The van der Waals surface area contributed by atoms with Gasteiger partial charge in [-0.25, -0.2) is 10.4 Å². The molecule has 0 spiro atoms. The Kier molecular flexibility index (Phi) is 6.95. The smallest absolute Gasteiger partial charge is 0.310 e. The minimum atomic E-state index is -0.780. The summed E-state index contributed by atoms with van der Waals surface area (Å²) in [6.07, 6.45) is 3.39. The lowest BCUT2D eigenvalue weighted by molar-refractivity contribution is -0.139. The van der Waals surface area contributed by atoms with Crippen molar-refractivity contribution in [2.24, 2.45) is 5.92 Å². The topological polar surface area (TPSA) is 155 Å². The van der Waals surface area contributed by atoms with Crippen LogP contribution in [0.25, 0.3) is 11.0 Å². The number of likely N-dealkylation sites (tertiary alicyclic amines) is 1. The third kappa shape index (κ3) is 4.52. The molecule has 2 aliphatic heterocycles. The number of nitrogens with zero attached hydrogens (tertiary/aromatic N) is 4. The van der Waals surface area contributed by atoms with Gasteiger partial charge in [0.15, 0.2) is 0 Å². The first kappa shape index (κ1) is 23.5. The van der Waals surface area contributed by atoms with Gasteiger partial charge in [0.2, 0.25) is 5.91 Å². The van der Waals surface area contributed by atoms with Crippen molar-refractivity contribution >= 4 is 34.4 Å². The molecule has 34 heavy (non-hydrogen) atoms. The average molecular weight is 469 g/mol. The number of aromatic nitrogens is 2. The molecule has 4 heterocycles. The molecule has 12 nitrogen and oxygen atoms in total. The lowest BCUT2D eigenvalue weighted by Gasteiger charge is -2.42. The lowest BCUT2D eigenvalue weighted by Crippen LogP contribution is -2.58. The number of hydrogen-bond acceptors (Lipinski definition) is 8. The van der Waals surface area contributed by atoms with E-state index in [1.54, 1.807) is 17.3 Å². The van der Waals surface area contributed by atoms with Crippen molar-refractivity contribution in [2.45, 2.75) is 32.0 Å². The summed E-state index contributed by atoms with van der Waals surface area (Å²) in [5.41, 5.74) is 5.57. The Labute approximate surface area is 196 Å². The van der Waals surface area contributed by atoms with Crippen LogP contribution in [0.5, 0.6) is 0 Å². The summed E-state index contributed by atoms with van der Waals surface area (Å²) in [4.78, 5) is 46.4. The van der Waals surface area contributed by atoms with Gasteiger partial charge in [0, 0.05) is 50.1 Å². The number of nitrogens with one attached hydrogen (secondary N) is 4. The van der Waals surface area contributed by atoms with Crippen LogP contribution >= 0.6 is 0 Å². The minimum absolute atomic E-state index is 0.118. The molecule has 4 rings (SSSR count). The van der Waals surface area contributed by atoms with Crippen LogP contribution in [0.4, 0.5) is 5.69 Å². The number of amides is 3. The van der Waals surface area contributed by atoms with Crippen LogP contribution in [0.3, 0.4) is 0 Å². The van der Waals surface area contributed by atoms with Gasteiger partial charge < -0.3 is 25.3 Å². The summed E-state index contributed by atoms with van der Waals surface area (Å²) in [7, 11) is 1.51. The zero-order valence-electron chi connectivity index (χ0n) is 19.1. The van der Waals surface area contributed by atoms with Gasteiger partial charge in [-0.2, -0.15) is 5.26 Å². The van der Waals surface area contributed by atoms with Crippen LogP contribution in [-0.4, -0.2) is 72.0 Å². The molecule has 0 aliphatic carbocycles. The van der Waals surface area contributed by atoms with Crippen molar-refractivity contribution in [2.75, 3.05) is 38.4 Å². The highest BCUT2D eigenvalue weighted by Crippen LogP contribution is 2.40. The van der Waals surface area contributed by atoms with E-state index in [4.69, 9.17) is 10.00 Å². The van der Waals surface area contributed by atoms with Gasteiger partial charge in [-0.15, -0.1) is 0 Å². The molecule has 0 bridgehead atoms. The molecule has 3 amide bonds. The Balaban J connectivity index is 1.60. The van der Waals surface area contributed by atoms with Crippen molar-refractivity contribution in [1.29, 1.82) is 5.26 Å². The van der Waals surface area contributed by atoms with Crippen molar-refractivity contribution in [3.8, 4) is 6.07 Å². The SMILES string of the molecule is COCCNC(=O)C(=O)NC1NN([C@H]2CN(C(=O)CC#N)CC[C@H]2C)c2c1cnc1[nH]ccc21. The Bertz CT molecular complexity index is 1130. The van der Waals surface area contributed by atoms with Gasteiger partial charge >= 0.3 is 11.8 Å². The molecule has 3 atom stereocenters. The number of hydrogen-bond donors (Lipinski definition) is 4. The van der Waals surface area contributed by atoms with E-state index in [-0.39, 0.29) is 30.8 Å². The van der Waals surface area contributed by atoms with E-state index in [1.165, 1.54) is 7.11 Å². The van der Waals surface area contributed by atoms with E-state index >= 15 is 0 Å². The maximum absolute atomic E-state index is 12.5. The van der Waals surface area contributed by atoms with Crippen LogP contribution < -0.4 is 21.1 Å². The van der Waals surface area contributed by atoms with Gasteiger partial charge in [0.25, 0.3) is 0 Å². The fraction of sp³-hybridized carbons (Fsp3) is 0.500. The summed E-state index contributed by atoms with van der Waals surface area (Å²) in [6, 6.07) is 3.72. The van der Waals surface area contributed by atoms with Gasteiger partial charge in [-0.3, -0.25) is 19.4 Å². The van der Waals surface area contributed by atoms with Gasteiger partial charge in [-0.1, -0.05) is 6.92 Å². The fourth-order valence-electron chi connectivity index (χ4n) is 4.47. The van der Waals surface area contributed by atoms with Gasteiger partial charge in [0.1, 0.15) is 18.2 Å². The number of fused-ring (bicyclic) bond motifs is 3. The number of methoxy groups -OCH3 is 1. The number of nitriles is 1. The van der Waals surface area contributed by atoms with Crippen molar-refractivity contribution in [3.63, 3.8) is 0 Å². The van der Waals surface area contributed by atoms with Crippen LogP contribution in [0.15, 0.2) is 18.5 Å². The Morgan fingerprint density at radius 3 is 2.94 bits per heavy atom. The number of pyridine rings is 1. The van der Waals surface area contributed by atoms with E-state index in [0.717, 1.165) is 23.1 Å². The van der Waals surface area contributed by atoms with Crippen LogP contribution in [0.1, 0.15) is 31.5 Å². The molecule has 2 aliphatic rings. The number of anilines is 1. The summed E-state index contributed by atoms with van der Waals surface area (Å²) >= 11 is 0. The first-order valence-corrected chi connectivity index (χ1v) is 11.2. The lowest BCUT2D eigenvalue weighted by atomic mass is 9.92. The largest absolute Gasteiger partial charge is 0.383 e. The number of ether oxygens (including phenoxy) is 1. The van der Waals surface area contributed by atoms with Gasteiger partial charge in [-0.05, 0) is 18.4 Å². The Morgan fingerprint density at radius 1 is 1.35 bits per heavy atom. The number of piperidine rings is 1. The number of carbonyl (C=O) groups excluding carboxylic acids is 3. The number of H-pyrrole nitrogens is 1. The monoisotopic (exact) mass is 468 g/mol. The Morgan fingerprint density at radius 2 is 2.18 bits per heavy atom. The summed E-state index contributed by atoms with van der Waals surface area (Å²) in [6.45, 7) is 3.66. The first-order chi connectivity index (χ1) is 16.4. The Hall–Kier alpha value is -3.69. The van der Waals surface area contributed by atoms with Crippen LogP contribution in [0.2, 0.25) is 0 Å². The first-order valence-electron chi connectivity index (χ1n) is 11.2. The molecule has 0 saturated carbocycles. The molecule has 0 radical (unpaired) electrons. The molecule has 1 saturated heterocycles. The van der Waals surface area contributed by atoms with Gasteiger partial charge in [0.05, 0.1) is 24.4 Å².